The monoisotopic (exact) mass is 141 g/mol. The minimum Gasteiger partial charge on any atom is -0.440 e. The minimum atomic E-state index is -0.324. The number of hydrogen-bond acceptors (Lipinski definition) is 2. The zero-order valence-electron chi connectivity index (χ0n) is 6.13. The lowest BCUT2D eigenvalue weighted by Crippen LogP contribution is -2.26. The molecule has 1 aliphatic heterocycles. The molecule has 0 aromatic carbocycles. The SMILES string of the molecule is C/C=C/[C@@H]1OC(=O)N[C@@H]1C. The van der Waals surface area contributed by atoms with Gasteiger partial charge < -0.3 is 10.1 Å². The molecule has 1 fully saturated rings. The van der Waals surface area contributed by atoms with E-state index < -0.39 is 0 Å². The van der Waals surface area contributed by atoms with Crippen molar-refractivity contribution in [2.24, 2.45) is 0 Å². The summed E-state index contributed by atoms with van der Waals surface area (Å²) >= 11 is 0. The Morgan fingerprint density at radius 1 is 1.70 bits per heavy atom. The molecule has 3 nitrogen and oxygen atoms in total. The van der Waals surface area contributed by atoms with Crippen LogP contribution in [0.25, 0.3) is 0 Å². The van der Waals surface area contributed by atoms with Gasteiger partial charge in [0.15, 0.2) is 0 Å². The lowest BCUT2D eigenvalue weighted by atomic mass is 10.2. The minimum absolute atomic E-state index is 0.0856. The number of ether oxygens (including phenoxy) is 1. The van der Waals surface area contributed by atoms with Crippen molar-refractivity contribution in [1.29, 1.82) is 0 Å². The van der Waals surface area contributed by atoms with Gasteiger partial charge in [0.25, 0.3) is 0 Å². The molecular formula is C7H11NO2. The summed E-state index contributed by atoms with van der Waals surface area (Å²) in [4.78, 5) is 10.6. The highest BCUT2D eigenvalue weighted by molar-refractivity contribution is 5.70. The summed E-state index contributed by atoms with van der Waals surface area (Å²) in [5, 5.41) is 2.64. The summed E-state index contributed by atoms with van der Waals surface area (Å²) in [5.41, 5.74) is 0. The third-order valence-electron chi connectivity index (χ3n) is 1.46. The summed E-state index contributed by atoms with van der Waals surface area (Å²) < 4.78 is 4.88. The summed E-state index contributed by atoms with van der Waals surface area (Å²) in [6, 6.07) is 0.101. The zero-order valence-corrected chi connectivity index (χ0v) is 6.13. The highest BCUT2D eigenvalue weighted by Crippen LogP contribution is 2.08. The van der Waals surface area contributed by atoms with Crippen LogP contribution in [0.3, 0.4) is 0 Å². The smallest absolute Gasteiger partial charge is 0.408 e. The van der Waals surface area contributed by atoms with E-state index in [9.17, 15) is 4.79 Å². The Kier molecular flexibility index (Phi) is 1.94. The highest BCUT2D eigenvalue weighted by Gasteiger charge is 2.27. The van der Waals surface area contributed by atoms with Gasteiger partial charge in [-0.05, 0) is 19.9 Å². The van der Waals surface area contributed by atoms with E-state index in [2.05, 4.69) is 5.32 Å². The van der Waals surface area contributed by atoms with Gasteiger partial charge in [-0.2, -0.15) is 0 Å². The van der Waals surface area contributed by atoms with Crippen molar-refractivity contribution in [3.05, 3.63) is 12.2 Å². The number of nitrogens with one attached hydrogen (secondary N) is 1. The number of carbonyl (C=O) groups is 1. The second-order valence-electron chi connectivity index (χ2n) is 2.33. The molecule has 56 valence electrons. The van der Waals surface area contributed by atoms with Gasteiger partial charge in [0.2, 0.25) is 0 Å². The van der Waals surface area contributed by atoms with Gasteiger partial charge in [-0.1, -0.05) is 6.08 Å². The molecule has 0 unspecified atom stereocenters. The first-order valence-corrected chi connectivity index (χ1v) is 3.34. The molecule has 0 saturated carbocycles. The zero-order chi connectivity index (χ0) is 7.56. The first-order chi connectivity index (χ1) is 4.74. The van der Waals surface area contributed by atoms with E-state index in [0.29, 0.717) is 0 Å². The fourth-order valence-electron chi connectivity index (χ4n) is 0.923. The number of amides is 1. The molecule has 0 aliphatic carbocycles. The first-order valence-electron chi connectivity index (χ1n) is 3.34. The van der Waals surface area contributed by atoms with Crippen LogP contribution in [0.15, 0.2) is 12.2 Å². The Balaban J connectivity index is 2.54. The Hall–Kier alpha value is -0.990. The standard InChI is InChI=1S/C7H11NO2/c1-3-4-6-5(2)8-7(9)10-6/h3-6H,1-2H3,(H,8,9)/b4-3+/t5-,6+/m1/s1. The fourth-order valence-corrected chi connectivity index (χ4v) is 0.923. The maximum Gasteiger partial charge on any atom is 0.408 e. The summed E-state index contributed by atoms with van der Waals surface area (Å²) in [5.74, 6) is 0. The summed E-state index contributed by atoms with van der Waals surface area (Å²) in [6.07, 6.45) is 3.33. The number of rotatable bonds is 1. The number of hydrogen-bond donors (Lipinski definition) is 1. The van der Waals surface area contributed by atoms with Crippen molar-refractivity contribution in [3.8, 4) is 0 Å². The van der Waals surface area contributed by atoms with E-state index >= 15 is 0 Å². The molecule has 1 aliphatic rings. The van der Waals surface area contributed by atoms with Gasteiger partial charge in [0.1, 0.15) is 6.10 Å². The predicted molar refractivity (Wildman–Crippen MR) is 37.7 cm³/mol. The summed E-state index contributed by atoms with van der Waals surface area (Å²) in [6.45, 7) is 3.81. The number of carbonyl (C=O) groups excluding carboxylic acids is 1. The van der Waals surface area contributed by atoms with Crippen LogP contribution in [0, 0.1) is 0 Å². The first kappa shape index (κ1) is 7.12. The van der Waals surface area contributed by atoms with Crippen molar-refractivity contribution in [2.75, 3.05) is 0 Å². The van der Waals surface area contributed by atoms with Crippen LogP contribution >= 0.6 is 0 Å². The molecule has 0 aromatic heterocycles. The quantitative estimate of drug-likeness (QED) is 0.554. The van der Waals surface area contributed by atoms with E-state index in [1.54, 1.807) is 0 Å². The van der Waals surface area contributed by atoms with Gasteiger partial charge in [0, 0.05) is 0 Å². The van der Waals surface area contributed by atoms with Crippen molar-refractivity contribution in [2.45, 2.75) is 26.0 Å². The molecule has 0 radical (unpaired) electrons. The van der Waals surface area contributed by atoms with E-state index in [0.717, 1.165) is 0 Å². The normalized spacial score (nSPS) is 32.4. The lowest BCUT2D eigenvalue weighted by Gasteiger charge is -2.05. The van der Waals surface area contributed by atoms with Crippen LogP contribution in [-0.4, -0.2) is 18.2 Å². The largest absolute Gasteiger partial charge is 0.440 e. The van der Waals surface area contributed by atoms with Crippen LogP contribution in [-0.2, 0) is 4.74 Å². The summed E-state index contributed by atoms with van der Waals surface area (Å²) in [7, 11) is 0. The molecule has 1 amide bonds. The van der Waals surface area contributed by atoms with E-state index in [4.69, 9.17) is 4.74 Å². The van der Waals surface area contributed by atoms with Crippen molar-refractivity contribution >= 4 is 6.09 Å². The molecule has 0 bridgehead atoms. The maximum absolute atomic E-state index is 10.6. The average molecular weight is 141 g/mol. The van der Waals surface area contributed by atoms with Gasteiger partial charge in [0.05, 0.1) is 6.04 Å². The van der Waals surface area contributed by atoms with Gasteiger partial charge in [-0.25, -0.2) is 4.79 Å². The fraction of sp³-hybridized carbons (Fsp3) is 0.571. The Morgan fingerprint density at radius 3 is 2.80 bits per heavy atom. The Labute approximate surface area is 60.1 Å². The lowest BCUT2D eigenvalue weighted by molar-refractivity contribution is 0.154. The molecule has 1 N–H and O–H groups in total. The van der Waals surface area contributed by atoms with Crippen LogP contribution < -0.4 is 5.32 Å². The van der Waals surface area contributed by atoms with Crippen LogP contribution in [0.1, 0.15) is 13.8 Å². The molecular weight excluding hydrogens is 130 g/mol. The van der Waals surface area contributed by atoms with Crippen molar-refractivity contribution in [3.63, 3.8) is 0 Å². The second-order valence-corrected chi connectivity index (χ2v) is 2.33. The molecule has 0 spiro atoms. The molecule has 0 aromatic rings. The van der Waals surface area contributed by atoms with Crippen molar-refractivity contribution < 1.29 is 9.53 Å². The topological polar surface area (TPSA) is 38.3 Å². The predicted octanol–water partition coefficient (Wildman–Crippen LogP) is 1.06. The molecule has 1 heterocycles. The third-order valence-corrected chi connectivity index (χ3v) is 1.46. The van der Waals surface area contributed by atoms with Gasteiger partial charge >= 0.3 is 6.09 Å². The van der Waals surface area contributed by atoms with Gasteiger partial charge in [-0.3, -0.25) is 0 Å². The van der Waals surface area contributed by atoms with E-state index in [1.807, 2.05) is 26.0 Å². The molecule has 3 heteroatoms. The number of allylic oxidation sites excluding steroid dienone is 1. The van der Waals surface area contributed by atoms with Gasteiger partial charge in [-0.15, -0.1) is 0 Å². The molecule has 2 atom stereocenters. The number of alkyl carbamates (subject to hydrolysis) is 1. The van der Waals surface area contributed by atoms with Crippen LogP contribution in [0.4, 0.5) is 4.79 Å². The van der Waals surface area contributed by atoms with Crippen LogP contribution in [0.2, 0.25) is 0 Å². The van der Waals surface area contributed by atoms with E-state index in [-0.39, 0.29) is 18.2 Å². The van der Waals surface area contributed by atoms with E-state index in [1.165, 1.54) is 0 Å². The van der Waals surface area contributed by atoms with Crippen LogP contribution in [0.5, 0.6) is 0 Å². The third kappa shape index (κ3) is 1.29. The second kappa shape index (κ2) is 2.73. The number of cyclic esters (lactones) is 1. The Morgan fingerprint density at radius 2 is 2.40 bits per heavy atom. The van der Waals surface area contributed by atoms with Crippen molar-refractivity contribution in [1.82, 2.24) is 5.32 Å². The molecule has 1 saturated heterocycles. The Bertz CT molecular complexity index is 165. The molecule has 10 heavy (non-hydrogen) atoms. The molecule has 1 rings (SSSR count). The average Bonchev–Trinajstić information content (AvgIpc) is 2.13. The maximum atomic E-state index is 10.6. The highest BCUT2D eigenvalue weighted by atomic mass is 16.6.